The van der Waals surface area contributed by atoms with Crippen LogP contribution in [0, 0.1) is 5.92 Å². The Kier molecular flexibility index (Phi) is 4.43. The molecule has 0 spiro atoms. The molecule has 0 unspecified atom stereocenters. The number of rotatable bonds is 4. The van der Waals surface area contributed by atoms with Gasteiger partial charge in [0.25, 0.3) is 5.91 Å². The Balaban J connectivity index is 1.61. The molecule has 1 aliphatic rings. The number of benzene rings is 1. The van der Waals surface area contributed by atoms with Crippen LogP contribution in [0.5, 0.6) is 0 Å². The third-order valence-corrected chi connectivity index (χ3v) is 4.34. The summed E-state index contributed by atoms with van der Waals surface area (Å²) >= 11 is 0. The van der Waals surface area contributed by atoms with E-state index in [1.807, 2.05) is 24.3 Å². The second-order valence-electron chi connectivity index (χ2n) is 6.50. The maximum atomic E-state index is 12.4. The number of hydrogen-bond donors (Lipinski definition) is 2. The van der Waals surface area contributed by atoms with Gasteiger partial charge in [-0.05, 0) is 38.3 Å². The number of H-pyrrole nitrogens is 1. The molecule has 0 radical (unpaired) electrons. The molecule has 1 aliphatic heterocycles. The molecule has 0 saturated carbocycles. The van der Waals surface area contributed by atoms with Crippen molar-refractivity contribution in [2.24, 2.45) is 5.92 Å². The highest BCUT2D eigenvalue weighted by atomic mass is 16.2. The zero-order chi connectivity index (χ0) is 15.5. The first-order valence-electron chi connectivity index (χ1n) is 8.10. The number of piperidine rings is 1. The summed E-state index contributed by atoms with van der Waals surface area (Å²) in [6, 6.07) is 7.83. The highest BCUT2D eigenvalue weighted by Gasteiger charge is 2.20. The Labute approximate surface area is 131 Å². The van der Waals surface area contributed by atoms with E-state index in [1.165, 1.54) is 12.8 Å². The highest BCUT2D eigenvalue weighted by molar-refractivity contribution is 6.04. The van der Waals surface area contributed by atoms with Gasteiger partial charge in [-0.15, -0.1) is 0 Å². The van der Waals surface area contributed by atoms with Gasteiger partial charge in [0.2, 0.25) is 0 Å². The number of nitrogens with zero attached hydrogens (tertiary/aromatic N) is 2. The van der Waals surface area contributed by atoms with E-state index in [-0.39, 0.29) is 11.9 Å². The van der Waals surface area contributed by atoms with E-state index in [0.29, 0.717) is 5.69 Å². The number of para-hydroxylation sites is 1. The van der Waals surface area contributed by atoms with Crippen molar-refractivity contribution in [3.63, 3.8) is 0 Å². The smallest absolute Gasteiger partial charge is 0.272 e. The SMILES string of the molecule is C[C@H]1CCCN(C[C@@H](C)NC(=O)c2n[nH]c3ccccc23)C1. The topological polar surface area (TPSA) is 61.0 Å². The Bertz CT molecular complexity index is 651. The van der Waals surface area contributed by atoms with Crippen LogP contribution < -0.4 is 5.32 Å². The van der Waals surface area contributed by atoms with Crippen molar-refractivity contribution in [2.45, 2.75) is 32.7 Å². The maximum Gasteiger partial charge on any atom is 0.272 e. The molecule has 1 fully saturated rings. The molecule has 1 aromatic carbocycles. The zero-order valence-electron chi connectivity index (χ0n) is 13.3. The molecule has 22 heavy (non-hydrogen) atoms. The van der Waals surface area contributed by atoms with E-state index in [9.17, 15) is 4.79 Å². The van der Waals surface area contributed by atoms with E-state index < -0.39 is 0 Å². The molecule has 2 aromatic rings. The van der Waals surface area contributed by atoms with Gasteiger partial charge in [0.1, 0.15) is 0 Å². The number of nitrogens with one attached hydrogen (secondary N) is 2. The number of hydrogen-bond acceptors (Lipinski definition) is 3. The van der Waals surface area contributed by atoms with Crippen LogP contribution in [0.4, 0.5) is 0 Å². The third-order valence-electron chi connectivity index (χ3n) is 4.34. The molecule has 2 atom stereocenters. The van der Waals surface area contributed by atoms with Gasteiger partial charge in [0, 0.05) is 24.5 Å². The largest absolute Gasteiger partial charge is 0.347 e. The van der Waals surface area contributed by atoms with E-state index >= 15 is 0 Å². The molecule has 2 N–H and O–H groups in total. The molecule has 1 aromatic heterocycles. The summed E-state index contributed by atoms with van der Waals surface area (Å²) in [6.07, 6.45) is 2.57. The molecule has 0 bridgehead atoms. The van der Waals surface area contributed by atoms with Gasteiger partial charge in [0.05, 0.1) is 5.52 Å². The lowest BCUT2D eigenvalue weighted by Crippen LogP contribution is -2.45. The van der Waals surface area contributed by atoms with Crippen LogP contribution in [0.2, 0.25) is 0 Å². The average molecular weight is 300 g/mol. The Morgan fingerprint density at radius 1 is 1.50 bits per heavy atom. The fourth-order valence-electron chi connectivity index (χ4n) is 3.31. The molecule has 118 valence electrons. The summed E-state index contributed by atoms with van der Waals surface area (Å²) in [7, 11) is 0. The fraction of sp³-hybridized carbons (Fsp3) is 0.529. The average Bonchev–Trinajstić information content (AvgIpc) is 2.91. The quantitative estimate of drug-likeness (QED) is 0.911. The van der Waals surface area contributed by atoms with Gasteiger partial charge >= 0.3 is 0 Å². The number of carbonyl (C=O) groups is 1. The molecule has 2 heterocycles. The summed E-state index contributed by atoms with van der Waals surface area (Å²) < 4.78 is 0. The van der Waals surface area contributed by atoms with E-state index in [0.717, 1.165) is 36.5 Å². The van der Waals surface area contributed by atoms with Crippen LogP contribution in [0.1, 0.15) is 37.2 Å². The van der Waals surface area contributed by atoms with Crippen molar-refractivity contribution in [3.05, 3.63) is 30.0 Å². The summed E-state index contributed by atoms with van der Waals surface area (Å²) in [5.41, 5.74) is 1.37. The Morgan fingerprint density at radius 2 is 2.32 bits per heavy atom. The number of fused-ring (bicyclic) bond motifs is 1. The van der Waals surface area contributed by atoms with Gasteiger partial charge in [-0.2, -0.15) is 5.10 Å². The molecule has 1 amide bonds. The summed E-state index contributed by atoms with van der Waals surface area (Å²) in [5, 5.41) is 11.0. The first kappa shape index (κ1) is 15.0. The van der Waals surface area contributed by atoms with Gasteiger partial charge < -0.3 is 10.2 Å². The van der Waals surface area contributed by atoms with Crippen molar-refractivity contribution in [1.29, 1.82) is 0 Å². The van der Waals surface area contributed by atoms with Gasteiger partial charge in [-0.3, -0.25) is 9.89 Å². The third kappa shape index (κ3) is 3.30. The van der Waals surface area contributed by atoms with Crippen LogP contribution in [-0.4, -0.2) is 46.7 Å². The lowest BCUT2D eigenvalue weighted by Gasteiger charge is -2.32. The minimum absolute atomic E-state index is 0.102. The molecule has 1 saturated heterocycles. The van der Waals surface area contributed by atoms with Crippen LogP contribution in [0.15, 0.2) is 24.3 Å². The van der Waals surface area contributed by atoms with E-state index in [2.05, 4.69) is 34.3 Å². The number of aromatic amines is 1. The van der Waals surface area contributed by atoms with Crippen molar-refractivity contribution < 1.29 is 4.79 Å². The van der Waals surface area contributed by atoms with Crippen molar-refractivity contribution in [3.8, 4) is 0 Å². The first-order chi connectivity index (χ1) is 10.6. The second kappa shape index (κ2) is 6.48. The fourth-order valence-corrected chi connectivity index (χ4v) is 3.31. The maximum absolute atomic E-state index is 12.4. The lowest BCUT2D eigenvalue weighted by atomic mass is 10.00. The molecule has 3 rings (SSSR count). The lowest BCUT2D eigenvalue weighted by molar-refractivity contribution is 0.0916. The van der Waals surface area contributed by atoms with Crippen LogP contribution in [-0.2, 0) is 0 Å². The van der Waals surface area contributed by atoms with Gasteiger partial charge in [-0.1, -0.05) is 25.1 Å². The van der Waals surface area contributed by atoms with Crippen LogP contribution >= 0.6 is 0 Å². The number of amides is 1. The minimum atomic E-state index is -0.102. The van der Waals surface area contributed by atoms with Crippen molar-refractivity contribution >= 4 is 16.8 Å². The second-order valence-corrected chi connectivity index (χ2v) is 6.50. The standard InChI is InChI=1S/C17H24N4O/c1-12-6-5-9-21(10-12)11-13(2)18-17(22)16-14-7-3-4-8-15(14)19-20-16/h3-4,7-8,12-13H,5-6,9-11H2,1-2H3,(H,18,22)(H,19,20)/t12-,13+/m0/s1. The predicted octanol–water partition coefficient (Wildman–Crippen LogP) is 2.41. The monoisotopic (exact) mass is 300 g/mol. The first-order valence-corrected chi connectivity index (χ1v) is 8.10. The van der Waals surface area contributed by atoms with Crippen molar-refractivity contribution in [1.82, 2.24) is 20.4 Å². The minimum Gasteiger partial charge on any atom is -0.347 e. The number of aromatic nitrogens is 2. The molecular formula is C17H24N4O. The Hall–Kier alpha value is -1.88. The predicted molar refractivity (Wildman–Crippen MR) is 87.9 cm³/mol. The Morgan fingerprint density at radius 3 is 3.14 bits per heavy atom. The van der Waals surface area contributed by atoms with Crippen LogP contribution in [0.25, 0.3) is 10.9 Å². The summed E-state index contributed by atoms with van der Waals surface area (Å²) in [6.45, 7) is 7.52. The van der Waals surface area contributed by atoms with E-state index in [1.54, 1.807) is 0 Å². The summed E-state index contributed by atoms with van der Waals surface area (Å²) in [5.74, 6) is 0.655. The highest BCUT2D eigenvalue weighted by Crippen LogP contribution is 2.17. The molecule has 5 heteroatoms. The number of likely N-dealkylation sites (tertiary alicyclic amines) is 1. The van der Waals surface area contributed by atoms with E-state index in [4.69, 9.17) is 0 Å². The molecular weight excluding hydrogens is 276 g/mol. The number of carbonyl (C=O) groups excluding carboxylic acids is 1. The van der Waals surface area contributed by atoms with Crippen LogP contribution in [0.3, 0.4) is 0 Å². The van der Waals surface area contributed by atoms with Gasteiger partial charge in [-0.25, -0.2) is 0 Å². The summed E-state index contributed by atoms with van der Waals surface area (Å²) in [4.78, 5) is 14.9. The zero-order valence-corrected chi connectivity index (χ0v) is 13.3. The normalized spacial score (nSPS) is 20.9. The van der Waals surface area contributed by atoms with Gasteiger partial charge in [0.15, 0.2) is 5.69 Å². The van der Waals surface area contributed by atoms with Crippen molar-refractivity contribution in [2.75, 3.05) is 19.6 Å². The molecule has 5 nitrogen and oxygen atoms in total. The molecule has 0 aliphatic carbocycles.